The molecule has 0 rings (SSSR count). The van der Waals surface area contributed by atoms with Crippen LogP contribution in [-0.2, 0) is 4.79 Å². The average molecular weight is 302 g/mol. The van der Waals surface area contributed by atoms with Gasteiger partial charge < -0.3 is 16.0 Å². The van der Waals surface area contributed by atoms with Gasteiger partial charge in [0.2, 0.25) is 5.91 Å². The molecule has 0 aromatic rings. The van der Waals surface area contributed by atoms with E-state index in [2.05, 4.69) is 41.0 Å². The number of aliphatic imine (C=N–C) groups is 1. The van der Waals surface area contributed by atoms with Crippen molar-refractivity contribution in [2.45, 2.75) is 39.4 Å². The number of thioether (sulfide) groups is 1. The quantitative estimate of drug-likeness (QED) is 0.395. The average Bonchev–Trinajstić information content (AvgIpc) is 2.36. The van der Waals surface area contributed by atoms with Gasteiger partial charge in [-0.1, -0.05) is 20.8 Å². The number of hydrogen-bond acceptors (Lipinski definition) is 3. The fourth-order valence-corrected chi connectivity index (χ4v) is 1.43. The summed E-state index contributed by atoms with van der Waals surface area (Å²) in [5.41, 5.74) is -0.345. The SMILES string of the molecule is CN=C(NCCNC(=O)C(C)(C)C)NCC(C)(C)SC. The molecule has 0 saturated heterocycles. The number of carbonyl (C=O) groups excluding carboxylic acids is 1. The van der Waals surface area contributed by atoms with Crippen molar-refractivity contribution < 1.29 is 4.79 Å². The Morgan fingerprint density at radius 3 is 2.05 bits per heavy atom. The molecule has 1 amide bonds. The first-order valence-corrected chi connectivity index (χ1v) is 8.13. The Morgan fingerprint density at radius 1 is 1.05 bits per heavy atom. The highest BCUT2D eigenvalue weighted by Gasteiger charge is 2.20. The van der Waals surface area contributed by atoms with Crippen molar-refractivity contribution >= 4 is 23.6 Å². The molecule has 6 heteroatoms. The number of hydrogen-bond donors (Lipinski definition) is 3. The van der Waals surface area contributed by atoms with Crippen molar-refractivity contribution in [3.05, 3.63) is 0 Å². The summed E-state index contributed by atoms with van der Waals surface area (Å²) in [5, 5.41) is 9.37. The molecule has 0 aliphatic heterocycles. The minimum atomic E-state index is -0.345. The van der Waals surface area contributed by atoms with Gasteiger partial charge in [0.05, 0.1) is 0 Å². The Hall–Kier alpha value is -0.910. The van der Waals surface area contributed by atoms with E-state index in [4.69, 9.17) is 0 Å². The normalized spacial score (nSPS) is 13.1. The molecule has 0 aliphatic rings. The van der Waals surface area contributed by atoms with E-state index < -0.39 is 0 Å². The van der Waals surface area contributed by atoms with E-state index in [-0.39, 0.29) is 16.1 Å². The van der Waals surface area contributed by atoms with Crippen LogP contribution in [0, 0.1) is 5.41 Å². The topological polar surface area (TPSA) is 65.5 Å². The minimum Gasteiger partial charge on any atom is -0.355 e. The first-order chi connectivity index (χ1) is 9.12. The maximum atomic E-state index is 11.7. The second kappa shape index (κ2) is 8.39. The van der Waals surface area contributed by atoms with Crippen LogP contribution < -0.4 is 16.0 Å². The van der Waals surface area contributed by atoms with E-state index in [1.165, 1.54) is 0 Å². The van der Waals surface area contributed by atoms with Gasteiger partial charge in [0, 0.05) is 36.8 Å². The van der Waals surface area contributed by atoms with Gasteiger partial charge >= 0.3 is 0 Å². The number of guanidine groups is 1. The molecule has 0 aromatic heterocycles. The molecule has 118 valence electrons. The maximum absolute atomic E-state index is 11.7. The molecule has 5 nitrogen and oxygen atoms in total. The number of nitrogens with zero attached hydrogens (tertiary/aromatic N) is 1. The molecule has 0 atom stereocenters. The molecule has 0 unspecified atom stereocenters. The van der Waals surface area contributed by atoms with Crippen LogP contribution in [-0.4, -0.2) is 49.6 Å². The van der Waals surface area contributed by atoms with E-state index in [1.807, 2.05) is 32.5 Å². The molecular formula is C14H30N4OS. The van der Waals surface area contributed by atoms with Crippen LogP contribution in [0.1, 0.15) is 34.6 Å². The van der Waals surface area contributed by atoms with Gasteiger partial charge in [-0.2, -0.15) is 11.8 Å². The number of rotatable bonds is 6. The molecule has 20 heavy (non-hydrogen) atoms. The zero-order valence-electron chi connectivity index (χ0n) is 13.9. The monoisotopic (exact) mass is 302 g/mol. The predicted octanol–water partition coefficient (Wildman–Crippen LogP) is 1.46. The van der Waals surface area contributed by atoms with E-state index in [1.54, 1.807) is 7.05 Å². The molecule has 0 aliphatic carbocycles. The maximum Gasteiger partial charge on any atom is 0.225 e. The van der Waals surface area contributed by atoms with Crippen LogP contribution in [0.5, 0.6) is 0 Å². The van der Waals surface area contributed by atoms with E-state index >= 15 is 0 Å². The fourth-order valence-electron chi connectivity index (χ4n) is 1.21. The van der Waals surface area contributed by atoms with Crippen molar-refractivity contribution in [2.24, 2.45) is 10.4 Å². The largest absolute Gasteiger partial charge is 0.355 e. The highest BCUT2D eigenvalue weighted by atomic mass is 32.2. The third-order valence-electron chi connectivity index (χ3n) is 2.84. The fraction of sp³-hybridized carbons (Fsp3) is 0.857. The van der Waals surface area contributed by atoms with Crippen molar-refractivity contribution in [1.82, 2.24) is 16.0 Å². The summed E-state index contributed by atoms with van der Waals surface area (Å²) < 4.78 is 0.165. The van der Waals surface area contributed by atoms with E-state index in [0.29, 0.717) is 13.1 Å². The summed E-state index contributed by atoms with van der Waals surface area (Å²) in [6, 6.07) is 0. The van der Waals surface area contributed by atoms with E-state index in [9.17, 15) is 4.79 Å². The Bertz CT molecular complexity index is 335. The molecule has 0 spiro atoms. The Kier molecular flexibility index (Phi) is 8.01. The minimum absolute atomic E-state index is 0.0609. The molecule has 0 radical (unpaired) electrons. The molecule has 0 aromatic carbocycles. The first-order valence-electron chi connectivity index (χ1n) is 6.90. The Balaban J connectivity index is 3.96. The van der Waals surface area contributed by atoms with E-state index in [0.717, 1.165) is 12.5 Å². The summed E-state index contributed by atoms with van der Waals surface area (Å²) in [5.74, 6) is 0.822. The van der Waals surface area contributed by atoms with Crippen molar-refractivity contribution in [3.63, 3.8) is 0 Å². The first kappa shape index (κ1) is 19.1. The van der Waals surface area contributed by atoms with Gasteiger partial charge in [0.1, 0.15) is 0 Å². The highest BCUT2D eigenvalue weighted by Crippen LogP contribution is 2.19. The van der Waals surface area contributed by atoms with Crippen LogP contribution in [0.4, 0.5) is 0 Å². The number of nitrogens with one attached hydrogen (secondary N) is 3. The third kappa shape index (κ3) is 8.30. The zero-order valence-corrected chi connectivity index (χ0v) is 14.7. The van der Waals surface area contributed by atoms with Crippen molar-refractivity contribution in [2.75, 3.05) is 32.9 Å². The van der Waals surface area contributed by atoms with Gasteiger partial charge in [-0.05, 0) is 20.1 Å². The second-order valence-electron chi connectivity index (χ2n) is 6.32. The third-order valence-corrected chi connectivity index (χ3v) is 4.09. The molecule has 0 saturated carbocycles. The summed E-state index contributed by atoms with van der Waals surface area (Å²) >= 11 is 1.81. The summed E-state index contributed by atoms with van der Waals surface area (Å²) in [6.07, 6.45) is 2.10. The van der Waals surface area contributed by atoms with Crippen molar-refractivity contribution in [1.29, 1.82) is 0 Å². The molecular weight excluding hydrogens is 272 g/mol. The summed E-state index contributed by atoms with van der Waals surface area (Å²) in [4.78, 5) is 15.9. The van der Waals surface area contributed by atoms with Crippen LogP contribution in [0.15, 0.2) is 4.99 Å². The zero-order chi connectivity index (χ0) is 15.8. The molecule has 3 N–H and O–H groups in total. The highest BCUT2D eigenvalue weighted by molar-refractivity contribution is 7.99. The molecule has 0 bridgehead atoms. The Labute approximate surface area is 127 Å². The lowest BCUT2D eigenvalue weighted by molar-refractivity contribution is -0.128. The smallest absolute Gasteiger partial charge is 0.225 e. The van der Waals surface area contributed by atoms with Gasteiger partial charge in [0.25, 0.3) is 0 Å². The second-order valence-corrected chi connectivity index (χ2v) is 7.84. The van der Waals surface area contributed by atoms with Crippen molar-refractivity contribution in [3.8, 4) is 0 Å². The molecule has 0 fully saturated rings. The van der Waals surface area contributed by atoms with Crippen LogP contribution in [0.3, 0.4) is 0 Å². The van der Waals surface area contributed by atoms with Gasteiger partial charge in [-0.15, -0.1) is 0 Å². The van der Waals surface area contributed by atoms with Crippen LogP contribution >= 0.6 is 11.8 Å². The standard InChI is InChI=1S/C14H30N4OS/c1-13(2,3)11(19)16-8-9-17-12(15-6)18-10-14(4,5)20-7/h8-10H2,1-7H3,(H,16,19)(H2,15,17,18). The molecule has 0 heterocycles. The van der Waals surface area contributed by atoms with Gasteiger partial charge in [0.15, 0.2) is 5.96 Å². The summed E-state index contributed by atoms with van der Waals surface area (Å²) in [6.45, 7) is 12.2. The van der Waals surface area contributed by atoms with Crippen LogP contribution in [0.25, 0.3) is 0 Å². The number of carbonyl (C=O) groups is 1. The lowest BCUT2D eigenvalue weighted by Crippen LogP contribution is -2.46. The Morgan fingerprint density at radius 2 is 1.60 bits per heavy atom. The van der Waals surface area contributed by atoms with Gasteiger partial charge in [-0.25, -0.2) is 0 Å². The lowest BCUT2D eigenvalue weighted by atomic mass is 9.96. The lowest BCUT2D eigenvalue weighted by Gasteiger charge is -2.24. The van der Waals surface area contributed by atoms with Crippen LogP contribution in [0.2, 0.25) is 0 Å². The van der Waals surface area contributed by atoms with Gasteiger partial charge in [-0.3, -0.25) is 9.79 Å². The summed E-state index contributed by atoms with van der Waals surface area (Å²) in [7, 11) is 1.75. The number of amides is 1. The predicted molar refractivity (Wildman–Crippen MR) is 89.4 cm³/mol.